The second-order valence-corrected chi connectivity index (χ2v) is 15.9. The number of carboxylic acid groups (broad SMARTS) is 1. The SMILES string of the molecule is CC/C=C\C/C=C\C/C=C\C/C=C\CCCCCCC(=O)O[C@H](COC(=O)CCCCCCC/C=C\CC1OC1CCCCC)COP(=O)(O)OC[C@H](N)C(=O)O. The number of phosphoric acid groups is 1. The quantitative estimate of drug-likeness (QED) is 0.0176. The summed E-state index contributed by atoms with van der Waals surface area (Å²) in [5, 5.41) is 8.89. The van der Waals surface area contributed by atoms with Gasteiger partial charge in [0.1, 0.15) is 12.6 Å². The van der Waals surface area contributed by atoms with Crippen molar-refractivity contribution < 1.29 is 52.2 Å². The predicted molar refractivity (Wildman–Crippen MR) is 225 cm³/mol. The Labute approximate surface area is 343 Å². The molecule has 0 aliphatic carbocycles. The fourth-order valence-corrected chi connectivity index (χ4v) is 6.49. The Bertz CT molecular complexity index is 1260. The van der Waals surface area contributed by atoms with Crippen LogP contribution in [0.4, 0.5) is 0 Å². The Balaban J connectivity index is 2.31. The smallest absolute Gasteiger partial charge is 0.472 e. The number of aliphatic carboxylic acids is 1. The number of phosphoric ester groups is 1. The molecule has 1 rings (SSSR count). The fourth-order valence-electron chi connectivity index (χ4n) is 5.71. The maximum atomic E-state index is 12.6. The molecule has 0 radical (unpaired) electrons. The van der Waals surface area contributed by atoms with Crippen LogP contribution in [0.5, 0.6) is 0 Å². The van der Waals surface area contributed by atoms with Crippen molar-refractivity contribution in [3.05, 3.63) is 60.8 Å². The van der Waals surface area contributed by atoms with Crippen LogP contribution in [0.25, 0.3) is 0 Å². The number of carbonyl (C=O) groups is 3. The molecule has 1 fully saturated rings. The molecule has 0 saturated carbocycles. The van der Waals surface area contributed by atoms with E-state index in [2.05, 4.69) is 79.1 Å². The summed E-state index contributed by atoms with van der Waals surface area (Å²) in [6.07, 6.45) is 41.7. The highest BCUT2D eigenvalue weighted by molar-refractivity contribution is 7.47. The molecule has 0 amide bonds. The van der Waals surface area contributed by atoms with Crippen molar-refractivity contribution in [1.82, 2.24) is 0 Å². The maximum Gasteiger partial charge on any atom is 0.472 e. The lowest BCUT2D eigenvalue weighted by atomic mass is 10.1. The summed E-state index contributed by atoms with van der Waals surface area (Å²) >= 11 is 0. The number of esters is 2. The number of epoxide rings is 1. The van der Waals surface area contributed by atoms with Crippen LogP contribution in [0.2, 0.25) is 0 Å². The van der Waals surface area contributed by atoms with Gasteiger partial charge in [-0.25, -0.2) is 4.57 Å². The van der Waals surface area contributed by atoms with Gasteiger partial charge >= 0.3 is 25.7 Å². The molecule has 1 heterocycles. The van der Waals surface area contributed by atoms with Gasteiger partial charge in [-0.15, -0.1) is 0 Å². The number of rotatable bonds is 38. The average molecular weight is 824 g/mol. The molecule has 0 aromatic carbocycles. The van der Waals surface area contributed by atoms with Crippen molar-refractivity contribution in [1.29, 1.82) is 0 Å². The lowest BCUT2D eigenvalue weighted by molar-refractivity contribution is -0.161. The number of hydrogen-bond donors (Lipinski definition) is 3. The van der Waals surface area contributed by atoms with Gasteiger partial charge in [-0.2, -0.15) is 0 Å². The number of allylic oxidation sites excluding steroid dienone is 9. The lowest BCUT2D eigenvalue weighted by Gasteiger charge is -2.20. The minimum absolute atomic E-state index is 0.124. The molecule has 3 unspecified atom stereocenters. The van der Waals surface area contributed by atoms with Crippen molar-refractivity contribution in [3.8, 4) is 0 Å². The summed E-state index contributed by atoms with van der Waals surface area (Å²) in [6, 6.07) is -1.53. The highest BCUT2D eigenvalue weighted by Crippen LogP contribution is 2.43. The summed E-state index contributed by atoms with van der Waals surface area (Å²) in [7, 11) is -4.73. The molecule has 0 aromatic rings. The number of carboxylic acids is 1. The van der Waals surface area contributed by atoms with Crippen molar-refractivity contribution in [3.63, 3.8) is 0 Å². The first kappa shape index (κ1) is 52.2. The van der Waals surface area contributed by atoms with Crippen molar-refractivity contribution in [2.75, 3.05) is 19.8 Å². The molecule has 13 heteroatoms. The van der Waals surface area contributed by atoms with Gasteiger partial charge in [0.25, 0.3) is 0 Å². The third kappa shape index (κ3) is 32.8. The van der Waals surface area contributed by atoms with E-state index in [0.29, 0.717) is 25.0 Å². The van der Waals surface area contributed by atoms with Crippen molar-refractivity contribution in [2.24, 2.45) is 5.73 Å². The highest BCUT2D eigenvalue weighted by atomic mass is 31.2. The number of ether oxygens (including phenoxy) is 3. The number of unbranched alkanes of at least 4 members (excludes halogenated alkanes) is 11. The van der Waals surface area contributed by atoms with E-state index in [-0.39, 0.29) is 19.4 Å². The van der Waals surface area contributed by atoms with Crippen molar-refractivity contribution in [2.45, 2.75) is 179 Å². The van der Waals surface area contributed by atoms with Crippen LogP contribution in [0.1, 0.15) is 155 Å². The van der Waals surface area contributed by atoms with E-state index in [9.17, 15) is 23.8 Å². The van der Waals surface area contributed by atoms with Gasteiger partial charge < -0.3 is 29.9 Å². The van der Waals surface area contributed by atoms with Gasteiger partial charge in [0, 0.05) is 12.8 Å². The predicted octanol–water partition coefficient (Wildman–Crippen LogP) is 10.2. The largest absolute Gasteiger partial charge is 0.480 e. The van der Waals surface area contributed by atoms with Crippen LogP contribution in [-0.2, 0) is 42.2 Å². The molecular formula is C44H74NO11P. The summed E-state index contributed by atoms with van der Waals surface area (Å²) in [4.78, 5) is 46.0. The summed E-state index contributed by atoms with van der Waals surface area (Å²) in [5.74, 6) is -2.44. The molecule has 12 nitrogen and oxygen atoms in total. The van der Waals surface area contributed by atoms with Gasteiger partial charge in [-0.3, -0.25) is 23.4 Å². The molecule has 4 N–H and O–H groups in total. The van der Waals surface area contributed by atoms with Crippen LogP contribution >= 0.6 is 7.82 Å². The maximum absolute atomic E-state index is 12.6. The first-order chi connectivity index (χ1) is 27.6. The van der Waals surface area contributed by atoms with Crippen LogP contribution in [-0.4, -0.2) is 72.1 Å². The first-order valence-corrected chi connectivity index (χ1v) is 22.9. The zero-order valence-electron chi connectivity index (χ0n) is 34.9. The molecule has 1 saturated heterocycles. The first-order valence-electron chi connectivity index (χ1n) is 21.4. The minimum atomic E-state index is -4.73. The third-order valence-corrected chi connectivity index (χ3v) is 10.1. The topological polar surface area (TPSA) is 184 Å². The molecular weight excluding hydrogens is 749 g/mol. The van der Waals surface area contributed by atoms with E-state index < -0.39 is 51.1 Å². The number of carbonyl (C=O) groups excluding carboxylic acids is 2. The van der Waals surface area contributed by atoms with Gasteiger partial charge in [-0.1, -0.05) is 126 Å². The lowest BCUT2D eigenvalue weighted by Crippen LogP contribution is -2.34. The van der Waals surface area contributed by atoms with Crippen LogP contribution in [0.3, 0.4) is 0 Å². The summed E-state index contributed by atoms with van der Waals surface area (Å²) < 4.78 is 38.4. The number of hydrogen-bond acceptors (Lipinski definition) is 10. The Morgan fingerprint density at radius 2 is 1.21 bits per heavy atom. The van der Waals surface area contributed by atoms with E-state index >= 15 is 0 Å². The van der Waals surface area contributed by atoms with Gasteiger partial charge in [0.2, 0.25) is 0 Å². The van der Waals surface area contributed by atoms with E-state index in [1.807, 2.05) is 0 Å². The van der Waals surface area contributed by atoms with Crippen molar-refractivity contribution >= 4 is 25.7 Å². The van der Waals surface area contributed by atoms with Crippen LogP contribution < -0.4 is 5.73 Å². The monoisotopic (exact) mass is 823 g/mol. The summed E-state index contributed by atoms with van der Waals surface area (Å²) in [5.41, 5.74) is 5.33. The molecule has 57 heavy (non-hydrogen) atoms. The van der Waals surface area contributed by atoms with Gasteiger partial charge in [0.05, 0.1) is 25.4 Å². The zero-order valence-corrected chi connectivity index (χ0v) is 35.7. The molecule has 0 bridgehead atoms. The molecule has 5 atom stereocenters. The Hall–Kier alpha value is -2.86. The molecule has 1 aliphatic heterocycles. The Morgan fingerprint density at radius 3 is 1.82 bits per heavy atom. The van der Waals surface area contributed by atoms with E-state index in [4.69, 9.17) is 29.6 Å². The van der Waals surface area contributed by atoms with Crippen LogP contribution in [0, 0.1) is 0 Å². The highest BCUT2D eigenvalue weighted by Gasteiger charge is 2.36. The zero-order chi connectivity index (χ0) is 41.8. The number of nitrogens with two attached hydrogens (primary N) is 1. The fraction of sp³-hybridized carbons (Fsp3) is 0.705. The minimum Gasteiger partial charge on any atom is -0.480 e. The second kappa shape index (κ2) is 35.1. The standard InChI is InChI=1S/C44H74NO11P/c1-3-5-7-8-9-10-11-12-13-14-15-16-17-18-23-26-30-34-43(47)55-38(36-53-57(50,51)54-37-39(45)44(48)49)35-52-42(46)33-29-25-22-20-19-21-24-28-32-41-40(56-41)31-27-6-4-2/h5,7,9-10,12-13,15-16,24,28,38-41H,3-4,6,8,11,14,17-23,25-27,29-37,45H2,1-2H3,(H,48,49)(H,50,51)/b7-5-,10-9-,13-12-,16-15-,28-24-/t38-,39+,40?,41?/m1/s1. The Kier molecular flexibility index (Phi) is 32.1. The second-order valence-electron chi connectivity index (χ2n) is 14.5. The van der Waals surface area contributed by atoms with Gasteiger partial charge in [-0.05, 0) is 77.0 Å². The normalized spacial score (nSPS) is 17.9. The van der Waals surface area contributed by atoms with Gasteiger partial charge in [0.15, 0.2) is 6.10 Å². The molecule has 326 valence electrons. The Morgan fingerprint density at radius 1 is 0.667 bits per heavy atom. The van der Waals surface area contributed by atoms with E-state index in [1.54, 1.807) is 0 Å². The van der Waals surface area contributed by atoms with Crippen LogP contribution in [0.15, 0.2) is 60.8 Å². The third-order valence-electron chi connectivity index (χ3n) is 9.17. The molecule has 1 aliphatic rings. The molecule has 0 aromatic heterocycles. The van der Waals surface area contributed by atoms with E-state index in [1.165, 1.54) is 25.7 Å². The summed E-state index contributed by atoms with van der Waals surface area (Å²) in [6.45, 7) is 2.60. The average Bonchev–Trinajstić information content (AvgIpc) is 3.94. The molecule has 0 spiro atoms. The van der Waals surface area contributed by atoms with E-state index in [0.717, 1.165) is 89.9 Å².